The van der Waals surface area contributed by atoms with Crippen LogP contribution in [0.15, 0.2) is 48.5 Å². The molecule has 5 nitrogen and oxygen atoms in total. The minimum absolute atomic E-state index is 0.00379. The Kier molecular flexibility index (Phi) is 6.80. The van der Waals surface area contributed by atoms with E-state index in [0.29, 0.717) is 6.54 Å². The van der Waals surface area contributed by atoms with E-state index in [0.717, 1.165) is 12.8 Å². The Morgan fingerprint density at radius 3 is 2.07 bits per heavy atom. The average molecular weight is 410 g/mol. The molecule has 0 heterocycles. The Labute approximate surface area is 179 Å². The molecule has 30 heavy (non-hydrogen) atoms. The van der Waals surface area contributed by atoms with Crippen molar-refractivity contribution in [2.45, 2.75) is 52.1 Å². The first-order chi connectivity index (χ1) is 14.3. The maximum absolute atomic E-state index is 12.8. The molecule has 2 aromatic carbocycles. The smallest absolute Gasteiger partial charge is 0.410 e. The molecule has 0 bridgehead atoms. The summed E-state index contributed by atoms with van der Waals surface area (Å²) in [6.07, 6.45) is 1.24. The highest BCUT2D eigenvalue weighted by molar-refractivity contribution is 5.80. The fourth-order valence-electron chi connectivity index (χ4n) is 3.80. The van der Waals surface area contributed by atoms with E-state index in [2.05, 4.69) is 24.3 Å². The van der Waals surface area contributed by atoms with Crippen LogP contribution in [0.3, 0.4) is 0 Å². The number of carbonyl (C=O) groups is 2. The maximum atomic E-state index is 12.8. The van der Waals surface area contributed by atoms with Gasteiger partial charge in [-0.3, -0.25) is 9.69 Å². The molecule has 5 heteroatoms. The van der Waals surface area contributed by atoms with Crippen molar-refractivity contribution in [1.82, 2.24) is 4.90 Å². The van der Waals surface area contributed by atoms with Crippen molar-refractivity contribution in [3.05, 3.63) is 59.7 Å². The normalized spacial score (nSPS) is 12.8. The number of ether oxygens (including phenoxy) is 2. The molecule has 3 rings (SSSR count). The lowest BCUT2D eigenvalue weighted by Crippen LogP contribution is -2.40. The van der Waals surface area contributed by atoms with E-state index in [1.807, 2.05) is 52.0 Å². The standard InChI is InChI=1S/C25H31NO4/c1-5-6-15-26(16-23(27)30-25(2,3)4)24(28)29-17-22-20-13-9-7-11-18(20)19-12-8-10-14-21(19)22/h7-14,22H,5-6,15-17H2,1-4H3. The topological polar surface area (TPSA) is 55.8 Å². The number of fused-ring (bicyclic) bond motifs is 3. The summed E-state index contributed by atoms with van der Waals surface area (Å²) in [5.74, 6) is -0.428. The summed E-state index contributed by atoms with van der Waals surface area (Å²) in [7, 11) is 0. The lowest BCUT2D eigenvalue weighted by Gasteiger charge is -2.25. The number of unbranched alkanes of at least 4 members (excludes halogenated alkanes) is 1. The predicted molar refractivity (Wildman–Crippen MR) is 117 cm³/mol. The third kappa shape index (κ3) is 5.21. The monoisotopic (exact) mass is 409 g/mol. The fourth-order valence-corrected chi connectivity index (χ4v) is 3.80. The Morgan fingerprint density at radius 1 is 0.967 bits per heavy atom. The van der Waals surface area contributed by atoms with Gasteiger partial charge in [-0.1, -0.05) is 61.9 Å². The highest BCUT2D eigenvalue weighted by atomic mass is 16.6. The lowest BCUT2D eigenvalue weighted by molar-refractivity contribution is -0.155. The van der Waals surface area contributed by atoms with Crippen LogP contribution in [0.5, 0.6) is 0 Å². The van der Waals surface area contributed by atoms with E-state index < -0.39 is 17.7 Å². The Hall–Kier alpha value is -2.82. The average Bonchev–Trinajstić information content (AvgIpc) is 3.02. The zero-order valence-electron chi connectivity index (χ0n) is 18.3. The van der Waals surface area contributed by atoms with Gasteiger partial charge >= 0.3 is 12.1 Å². The number of amides is 1. The second-order valence-electron chi connectivity index (χ2n) is 8.67. The van der Waals surface area contributed by atoms with Gasteiger partial charge < -0.3 is 9.47 Å². The third-order valence-electron chi connectivity index (χ3n) is 5.12. The summed E-state index contributed by atoms with van der Waals surface area (Å²) in [4.78, 5) is 26.5. The molecule has 0 unspecified atom stereocenters. The Bertz CT molecular complexity index is 855. The highest BCUT2D eigenvalue weighted by Crippen LogP contribution is 2.44. The molecule has 0 atom stereocenters. The largest absolute Gasteiger partial charge is 0.459 e. The summed E-state index contributed by atoms with van der Waals surface area (Å²) in [6, 6.07) is 16.4. The molecule has 0 fully saturated rings. The number of hydrogen-bond donors (Lipinski definition) is 0. The van der Waals surface area contributed by atoms with E-state index >= 15 is 0 Å². The van der Waals surface area contributed by atoms with Crippen LogP contribution in [0.25, 0.3) is 11.1 Å². The van der Waals surface area contributed by atoms with Crippen molar-refractivity contribution in [3.8, 4) is 11.1 Å². The molecule has 1 amide bonds. The Morgan fingerprint density at radius 2 is 1.53 bits per heavy atom. The van der Waals surface area contributed by atoms with Gasteiger partial charge in [0.05, 0.1) is 0 Å². The van der Waals surface area contributed by atoms with Crippen molar-refractivity contribution in [2.24, 2.45) is 0 Å². The molecule has 0 aliphatic heterocycles. The van der Waals surface area contributed by atoms with Crippen LogP contribution in [-0.2, 0) is 14.3 Å². The van der Waals surface area contributed by atoms with Gasteiger partial charge in [-0.05, 0) is 49.4 Å². The zero-order valence-corrected chi connectivity index (χ0v) is 18.3. The third-order valence-corrected chi connectivity index (χ3v) is 5.12. The first-order valence-corrected chi connectivity index (χ1v) is 10.6. The van der Waals surface area contributed by atoms with Crippen molar-refractivity contribution >= 4 is 12.1 Å². The van der Waals surface area contributed by atoms with Gasteiger partial charge in [-0.2, -0.15) is 0 Å². The second-order valence-corrected chi connectivity index (χ2v) is 8.67. The minimum Gasteiger partial charge on any atom is -0.459 e. The molecule has 2 aromatic rings. The number of rotatable bonds is 7. The van der Waals surface area contributed by atoms with E-state index in [1.165, 1.54) is 27.2 Å². The molecular formula is C25H31NO4. The van der Waals surface area contributed by atoms with E-state index in [1.54, 1.807) is 0 Å². The summed E-state index contributed by atoms with van der Waals surface area (Å²) >= 11 is 0. The van der Waals surface area contributed by atoms with Crippen LogP contribution in [0.2, 0.25) is 0 Å². The molecule has 1 aliphatic rings. The molecule has 0 spiro atoms. The van der Waals surface area contributed by atoms with E-state index in [9.17, 15) is 9.59 Å². The predicted octanol–water partition coefficient (Wildman–Crippen LogP) is 5.38. The van der Waals surface area contributed by atoms with Gasteiger partial charge in [0.15, 0.2) is 0 Å². The fraction of sp³-hybridized carbons (Fsp3) is 0.440. The van der Waals surface area contributed by atoms with Crippen LogP contribution in [0.1, 0.15) is 57.6 Å². The van der Waals surface area contributed by atoms with Gasteiger partial charge in [-0.25, -0.2) is 4.79 Å². The van der Waals surface area contributed by atoms with Crippen molar-refractivity contribution in [2.75, 3.05) is 19.7 Å². The van der Waals surface area contributed by atoms with Crippen LogP contribution in [0.4, 0.5) is 4.79 Å². The lowest BCUT2D eigenvalue weighted by atomic mass is 9.98. The number of hydrogen-bond acceptors (Lipinski definition) is 4. The first-order valence-electron chi connectivity index (χ1n) is 10.6. The summed E-state index contributed by atoms with van der Waals surface area (Å²) in [5.41, 5.74) is 4.11. The number of nitrogens with zero attached hydrogens (tertiary/aromatic N) is 1. The highest BCUT2D eigenvalue weighted by Gasteiger charge is 2.30. The number of esters is 1. The van der Waals surface area contributed by atoms with Crippen LogP contribution in [0, 0.1) is 0 Å². The first kappa shape index (κ1) is 21.9. The molecular weight excluding hydrogens is 378 g/mol. The van der Waals surface area contributed by atoms with Gasteiger partial charge in [0, 0.05) is 12.5 Å². The van der Waals surface area contributed by atoms with Gasteiger partial charge in [0.25, 0.3) is 0 Å². The van der Waals surface area contributed by atoms with Gasteiger partial charge in [0.1, 0.15) is 18.8 Å². The van der Waals surface area contributed by atoms with Crippen LogP contribution < -0.4 is 0 Å². The molecule has 160 valence electrons. The number of benzene rings is 2. The van der Waals surface area contributed by atoms with Crippen LogP contribution >= 0.6 is 0 Å². The molecule has 0 saturated heterocycles. The van der Waals surface area contributed by atoms with Crippen LogP contribution in [-0.4, -0.2) is 42.3 Å². The summed E-state index contributed by atoms with van der Waals surface area (Å²) in [5, 5.41) is 0. The molecule has 0 saturated carbocycles. The molecule has 1 aliphatic carbocycles. The molecule has 0 radical (unpaired) electrons. The quantitative estimate of drug-likeness (QED) is 0.576. The summed E-state index contributed by atoms with van der Waals surface area (Å²) < 4.78 is 11.1. The SMILES string of the molecule is CCCCN(CC(=O)OC(C)(C)C)C(=O)OCC1c2ccccc2-c2ccccc21. The maximum Gasteiger partial charge on any atom is 0.410 e. The summed E-state index contributed by atoms with van der Waals surface area (Å²) in [6.45, 7) is 8.09. The van der Waals surface area contributed by atoms with E-state index in [-0.39, 0.29) is 19.1 Å². The van der Waals surface area contributed by atoms with E-state index in [4.69, 9.17) is 9.47 Å². The van der Waals surface area contributed by atoms with Crippen molar-refractivity contribution < 1.29 is 19.1 Å². The van der Waals surface area contributed by atoms with Crippen molar-refractivity contribution in [3.63, 3.8) is 0 Å². The van der Waals surface area contributed by atoms with Gasteiger partial charge in [0.2, 0.25) is 0 Å². The molecule has 0 N–H and O–H groups in total. The van der Waals surface area contributed by atoms with Gasteiger partial charge in [-0.15, -0.1) is 0 Å². The minimum atomic E-state index is -0.589. The zero-order chi connectivity index (χ0) is 21.7. The number of carbonyl (C=O) groups excluding carboxylic acids is 2. The molecule has 0 aromatic heterocycles. The van der Waals surface area contributed by atoms with Crippen molar-refractivity contribution in [1.29, 1.82) is 0 Å². The second kappa shape index (κ2) is 9.33. The Balaban J connectivity index is 1.70.